The number of rotatable bonds is 5. The molecule has 2 N–H and O–H groups in total. The van der Waals surface area contributed by atoms with E-state index in [1.54, 1.807) is 19.2 Å². The maximum absolute atomic E-state index is 12.9. The molecule has 2 aromatic carbocycles. The molecule has 106 valence electrons. The zero-order valence-corrected chi connectivity index (χ0v) is 11.5. The van der Waals surface area contributed by atoms with Crippen molar-refractivity contribution in [2.45, 2.75) is 19.1 Å². The van der Waals surface area contributed by atoms with Gasteiger partial charge in [-0.3, -0.25) is 0 Å². The molecular weight excluding hydrogens is 257 g/mol. The van der Waals surface area contributed by atoms with E-state index in [0.717, 1.165) is 11.3 Å². The van der Waals surface area contributed by atoms with Gasteiger partial charge in [-0.1, -0.05) is 12.1 Å². The number of methoxy groups -OCH3 is 1. The van der Waals surface area contributed by atoms with E-state index in [0.29, 0.717) is 5.75 Å². The SMILES string of the molecule is COc1cccc(C(Oc2ccc(F)cc2)C(C)N)c1. The van der Waals surface area contributed by atoms with Gasteiger partial charge in [-0.15, -0.1) is 0 Å². The number of ether oxygens (including phenoxy) is 2. The van der Waals surface area contributed by atoms with Crippen LogP contribution in [0.3, 0.4) is 0 Å². The quantitative estimate of drug-likeness (QED) is 0.910. The van der Waals surface area contributed by atoms with Crippen LogP contribution >= 0.6 is 0 Å². The summed E-state index contributed by atoms with van der Waals surface area (Å²) in [5.41, 5.74) is 6.92. The summed E-state index contributed by atoms with van der Waals surface area (Å²) in [6.45, 7) is 1.87. The molecule has 4 heteroatoms. The third kappa shape index (κ3) is 3.48. The van der Waals surface area contributed by atoms with E-state index in [2.05, 4.69) is 0 Å². The largest absolute Gasteiger partial charge is 0.497 e. The lowest BCUT2D eigenvalue weighted by Crippen LogP contribution is -2.29. The molecule has 0 saturated carbocycles. The fourth-order valence-corrected chi connectivity index (χ4v) is 1.96. The second-order valence-electron chi connectivity index (χ2n) is 4.63. The third-order valence-corrected chi connectivity index (χ3v) is 2.98. The van der Waals surface area contributed by atoms with Crippen LogP contribution in [-0.4, -0.2) is 13.2 Å². The van der Waals surface area contributed by atoms with E-state index in [1.807, 2.05) is 31.2 Å². The second kappa shape index (κ2) is 6.39. The molecule has 0 heterocycles. The minimum absolute atomic E-state index is 0.216. The van der Waals surface area contributed by atoms with Crippen LogP contribution in [0.1, 0.15) is 18.6 Å². The smallest absolute Gasteiger partial charge is 0.139 e. The van der Waals surface area contributed by atoms with E-state index < -0.39 is 0 Å². The molecule has 20 heavy (non-hydrogen) atoms. The van der Waals surface area contributed by atoms with Crippen molar-refractivity contribution in [3.63, 3.8) is 0 Å². The molecule has 0 fully saturated rings. The molecule has 3 nitrogen and oxygen atoms in total. The Labute approximate surface area is 118 Å². The summed E-state index contributed by atoms with van der Waals surface area (Å²) >= 11 is 0. The first-order chi connectivity index (χ1) is 9.60. The number of benzene rings is 2. The minimum atomic E-state index is -0.324. The lowest BCUT2D eigenvalue weighted by atomic mass is 10.0. The van der Waals surface area contributed by atoms with E-state index in [9.17, 15) is 4.39 Å². The Morgan fingerprint density at radius 1 is 1.05 bits per heavy atom. The number of hydrogen-bond donors (Lipinski definition) is 1. The second-order valence-corrected chi connectivity index (χ2v) is 4.63. The first-order valence-corrected chi connectivity index (χ1v) is 6.42. The first-order valence-electron chi connectivity index (χ1n) is 6.42. The summed E-state index contributed by atoms with van der Waals surface area (Å²) in [4.78, 5) is 0. The van der Waals surface area contributed by atoms with Crippen LogP contribution in [-0.2, 0) is 0 Å². The highest BCUT2D eigenvalue weighted by Gasteiger charge is 2.18. The maximum atomic E-state index is 12.9. The minimum Gasteiger partial charge on any atom is -0.497 e. The highest BCUT2D eigenvalue weighted by molar-refractivity contribution is 5.32. The Balaban J connectivity index is 2.24. The highest BCUT2D eigenvalue weighted by Crippen LogP contribution is 2.26. The van der Waals surface area contributed by atoms with Crippen molar-refractivity contribution in [3.05, 3.63) is 59.9 Å². The van der Waals surface area contributed by atoms with Crippen LogP contribution in [0.5, 0.6) is 11.5 Å². The maximum Gasteiger partial charge on any atom is 0.139 e. The summed E-state index contributed by atoms with van der Waals surface area (Å²) < 4.78 is 24.0. The molecule has 0 aliphatic carbocycles. The Morgan fingerprint density at radius 3 is 2.35 bits per heavy atom. The van der Waals surface area contributed by atoms with Crippen molar-refractivity contribution in [1.29, 1.82) is 0 Å². The van der Waals surface area contributed by atoms with Gasteiger partial charge in [-0.25, -0.2) is 4.39 Å². The van der Waals surface area contributed by atoms with Gasteiger partial charge in [0, 0.05) is 6.04 Å². The van der Waals surface area contributed by atoms with Crippen molar-refractivity contribution >= 4 is 0 Å². The molecule has 0 radical (unpaired) electrons. The Bertz CT molecular complexity index is 555. The van der Waals surface area contributed by atoms with E-state index in [1.165, 1.54) is 12.1 Å². The molecule has 2 atom stereocenters. The molecular formula is C16H18FNO2. The van der Waals surface area contributed by atoms with Crippen molar-refractivity contribution in [3.8, 4) is 11.5 Å². The average Bonchev–Trinajstić information content (AvgIpc) is 2.46. The van der Waals surface area contributed by atoms with Gasteiger partial charge in [0.2, 0.25) is 0 Å². The molecule has 0 spiro atoms. The molecule has 0 aromatic heterocycles. The number of halogens is 1. The van der Waals surface area contributed by atoms with Gasteiger partial charge >= 0.3 is 0 Å². The lowest BCUT2D eigenvalue weighted by Gasteiger charge is -2.23. The van der Waals surface area contributed by atoms with E-state index >= 15 is 0 Å². The Kier molecular flexibility index (Phi) is 4.58. The van der Waals surface area contributed by atoms with Crippen LogP contribution in [0.25, 0.3) is 0 Å². The van der Waals surface area contributed by atoms with Gasteiger partial charge in [0.05, 0.1) is 7.11 Å². The zero-order valence-electron chi connectivity index (χ0n) is 11.5. The zero-order chi connectivity index (χ0) is 14.5. The van der Waals surface area contributed by atoms with Gasteiger partial charge in [-0.2, -0.15) is 0 Å². The van der Waals surface area contributed by atoms with E-state index in [4.69, 9.17) is 15.2 Å². The molecule has 2 aromatic rings. The van der Waals surface area contributed by atoms with Gasteiger partial charge in [-0.05, 0) is 48.9 Å². The molecule has 0 aliphatic heterocycles. The third-order valence-electron chi connectivity index (χ3n) is 2.98. The lowest BCUT2D eigenvalue weighted by molar-refractivity contribution is 0.180. The average molecular weight is 275 g/mol. The highest BCUT2D eigenvalue weighted by atomic mass is 19.1. The standard InChI is InChI=1S/C16H18FNO2/c1-11(18)16(12-4-3-5-15(10-12)19-2)20-14-8-6-13(17)7-9-14/h3-11,16H,18H2,1-2H3. The van der Waals surface area contributed by atoms with Crippen LogP contribution in [0, 0.1) is 5.82 Å². The van der Waals surface area contributed by atoms with Gasteiger partial charge in [0.15, 0.2) is 0 Å². The van der Waals surface area contributed by atoms with E-state index in [-0.39, 0.29) is 18.0 Å². The Hall–Kier alpha value is -2.07. The summed E-state index contributed by atoms with van der Waals surface area (Å²) in [7, 11) is 1.61. The summed E-state index contributed by atoms with van der Waals surface area (Å²) in [6, 6.07) is 13.2. The van der Waals surface area contributed by atoms with Crippen molar-refractivity contribution in [2.75, 3.05) is 7.11 Å². The number of nitrogens with two attached hydrogens (primary N) is 1. The Morgan fingerprint density at radius 2 is 1.75 bits per heavy atom. The summed E-state index contributed by atoms with van der Waals surface area (Å²) in [5.74, 6) is 1.03. The molecule has 2 unspecified atom stereocenters. The summed E-state index contributed by atoms with van der Waals surface area (Å²) in [5, 5.41) is 0. The van der Waals surface area contributed by atoms with Crippen LogP contribution in [0.15, 0.2) is 48.5 Å². The topological polar surface area (TPSA) is 44.5 Å². The molecule has 2 rings (SSSR count). The fraction of sp³-hybridized carbons (Fsp3) is 0.250. The predicted octanol–water partition coefficient (Wildman–Crippen LogP) is 3.30. The molecule has 0 bridgehead atoms. The monoisotopic (exact) mass is 275 g/mol. The van der Waals surface area contributed by atoms with Gasteiger partial charge < -0.3 is 15.2 Å². The summed E-state index contributed by atoms with van der Waals surface area (Å²) in [6.07, 6.45) is -0.324. The molecule has 0 amide bonds. The van der Waals surface area contributed by atoms with Crippen molar-refractivity contribution < 1.29 is 13.9 Å². The molecule has 0 saturated heterocycles. The van der Waals surface area contributed by atoms with Crippen LogP contribution < -0.4 is 15.2 Å². The van der Waals surface area contributed by atoms with Gasteiger partial charge in [0.25, 0.3) is 0 Å². The first kappa shape index (κ1) is 14.3. The normalized spacial score (nSPS) is 13.6. The fourth-order valence-electron chi connectivity index (χ4n) is 1.96. The molecule has 0 aliphatic rings. The van der Waals surface area contributed by atoms with Crippen molar-refractivity contribution in [2.24, 2.45) is 5.73 Å². The number of hydrogen-bond acceptors (Lipinski definition) is 3. The van der Waals surface area contributed by atoms with Crippen LogP contribution in [0.2, 0.25) is 0 Å². The van der Waals surface area contributed by atoms with Gasteiger partial charge in [0.1, 0.15) is 23.4 Å². The predicted molar refractivity (Wildman–Crippen MR) is 76.4 cm³/mol. The van der Waals surface area contributed by atoms with Crippen molar-refractivity contribution in [1.82, 2.24) is 0 Å². The van der Waals surface area contributed by atoms with Crippen LogP contribution in [0.4, 0.5) is 4.39 Å².